The van der Waals surface area contributed by atoms with Crippen LogP contribution in [-0.2, 0) is 11.8 Å². The number of anilines is 1. The Morgan fingerprint density at radius 1 is 1.03 bits per heavy atom. The minimum Gasteiger partial charge on any atom is -0.496 e. The van der Waals surface area contributed by atoms with Gasteiger partial charge < -0.3 is 14.4 Å². The number of rotatable bonds is 5. The molecule has 1 aliphatic rings. The van der Waals surface area contributed by atoms with Gasteiger partial charge in [0.05, 0.1) is 26.0 Å². The molecule has 3 heterocycles. The van der Waals surface area contributed by atoms with Gasteiger partial charge >= 0.3 is 0 Å². The van der Waals surface area contributed by atoms with Crippen LogP contribution in [0.5, 0.6) is 5.75 Å². The Morgan fingerprint density at radius 3 is 2.58 bits per heavy atom. The van der Waals surface area contributed by atoms with Gasteiger partial charge in [-0.1, -0.05) is 35.3 Å². The standard InChI is InChI=1S/C27H24Cl2N4O3/c1-32-26(34)15-23(17-7-9-30-10-8-17)31-27(32)33-11-12-36-25(16-33)21-13-18(3-6-24(21)35-2)20-5-4-19(28)14-22(20)29/h3-10,13-15,25H,11-12,16H2,1-2H3. The predicted octanol–water partition coefficient (Wildman–Crippen LogP) is 5.40. The van der Waals surface area contributed by atoms with Gasteiger partial charge in [0, 0.05) is 58.8 Å². The Morgan fingerprint density at radius 2 is 1.83 bits per heavy atom. The molecule has 0 aliphatic carbocycles. The van der Waals surface area contributed by atoms with Gasteiger partial charge in [-0.2, -0.15) is 0 Å². The van der Waals surface area contributed by atoms with Gasteiger partial charge in [-0.15, -0.1) is 0 Å². The first-order valence-corrected chi connectivity index (χ1v) is 12.2. The molecule has 0 bridgehead atoms. The van der Waals surface area contributed by atoms with Gasteiger partial charge in [-0.25, -0.2) is 4.98 Å². The third kappa shape index (κ3) is 4.82. The Labute approximate surface area is 218 Å². The van der Waals surface area contributed by atoms with Gasteiger partial charge in [-0.05, 0) is 42.0 Å². The topological polar surface area (TPSA) is 69.5 Å². The van der Waals surface area contributed by atoms with Crippen LogP contribution < -0.4 is 15.2 Å². The van der Waals surface area contributed by atoms with Gasteiger partial charge in [0.2, 0.25) is 5.95 Å². The van der Waals surface area contributed by atoms with Crippen LogP contribution in [0.25, 0.3) is 22.4 Å². The molecular weight excluding hydrogens is 499 g/mol. The molecule has 1 aliphatic heterocycles. The lowest BCUT2D eigenvalue weighted by molar-refractivity contribution is 0.0375. The molecule has 1 unspecified atom stereocenters. The lowest BCUT2D eigenvalue weighted by Crippen LogP contribution is -2.41. The summed E-state index contributed by atoms with van der Waals surface area (Å²) in [5.41, 5.74) is 4.00. The zero-order valence-electron chi connectivity index (χ0n) is 19.8. The number of morpholine rings is 1. The SMILES string of the molecule is COc1ccc(-c2ccc(Cl)cc2Cl)cc1C1CN(c2nc(-c3ccncc3)cc(=O)n2C)CCO1. The number of pyridine rings is 1. The molecule has 5 rings (SSSR count). The monoisotopic (exact) mass is 522 g/mol. The Kier molecular flexibility index (Phi) is 6.96. The average Bonchev–Trinajstić information content (AvgIpc) is 2.90. The van der Waals surface area contributed by atoms with E-state index < -0.39 is 0 Å². The van der Waals surface area contributed by atoms with E-state index in [9.17, 15) is 4.79 Å². The fourth-order valence-corrected chi connectivity index (χ4v) is 4.89. The van der Waals surface area contributed by atoms with Crippen molar-refractivity contribution in [1.29, 1.82) is 0 Å². The molecule has 1 saturated heterocycles. The minimum absolute atomic E-state index is 0.133. The number of hydrogen-bond donors (Lipinski definition) is 0. The van der Waals surface area contributed by atoms with Crippen LogP contribution in [0.3, 0.4) is 0 Å². The Balaban J connectivity index is 1.50. The molecule has 184 valence electrons. The van der Waals surface area contributed by atoms with Crippen LogP contribution in [0.2, 0.25) is 10.0 Å². The maximum absolute atomic E-state index is 12.8. The van der Waals surface area contributed by atoms with Crippen molar-refractivity contribution in [3.8, 4) is 28.1 Å². The van der Waals surface area contributed by atoms with E-state index in [4.69, 9.17) is 37.7 Å². The molecule has 1 atom stereocenters. The van der Waals surface area contributed by atoms with Gasteiger partial charge in [0.15, 0.2) is 0 Å². The molecule has 0 saturated carbocycles. The number of hydrogen-bond acceptors (Lipinski definition) is 6. The van der Waals surface area contributed by atoms with Crippen molar-refractivity contribution in [2.45, 2.75) is 6.10 Å². The number of aromatic nitrogens is 3. The Bertz CT molecular complexity index is 1460. The fraction of sp³-hybridized carbons (Fsp3) is 0.222. The summed E-state index contributed by atoms with van der Waals surface area (Å²) in [5.74, 6) is 1.29. The van der Waals surface area contributed by atoms with E-state index in [1.807, 2.05) is 42.5 Å². The molecule has 2 aromatic carbocycles. The highest BCUT2D eigenvalue weighted by Gasteiger charge is 2.28. The third-order valence-electron chi connectivity index (χ3n) is 6.26. The van der Waals surface area contributed by atoms with Crippen molar-refractivity contribution in [3.63, 3.8) is 0 Å². The zero-order chi connectivity index (χ0) is 25.2. The van der Waals surface area contributed by atoms with Crippen molar-refractivity contribution in [3.05, 3.63) is 93.0 Å². The first-order chi connectivity index (χ1) is 17.4. The number of methoxy groups -OCH3 is 1. The van der Waals surface area contributed by atoms with E-state index in [-0.39, 0.29) is 11.7 Å². The number of benzene rings is 2. The molecule has 9 heteroatoms. The minimum atomic E-state index is -0.304. The summed E-state index contributed by atoms with van der Waals surface area (Å²) in [6.07, 6.45) is 3.07. The van der Waals surface area contributed by atoms with E-state index in [0.29, 0.717) is 47.1 Å². The molecular formula is C27H24Cl2N4O3. The Hall–Kier alpha value is -3.39. The lowest BCUT2D eigenvalue weighted by atomic mass is 9.98. The summed E-state index contributed by atoms with van der Waals surface area (Å²) in [5, 5.41) is 1.15. The molecule has 0 N–H and O–H groups in total. The van der Waals surface area contributed by atoms with E-state index in [2.05, 4.69) is 9.88 Å². The van der Waals surface area contributed by atoms with Crippen molar-refractivity contribution < 1.29 is 9.47 Å². The van der Waals surface area contributed by atoms with Crippen molar-refractivity contribution >= 4 is 29.2 Å². The maximum Gasteiger partial charge on any atom is 0.255 e. The number of ether oxygens (including phenoxy) is 2. The molecule has 2 aromatic heterocycles. The van der Waals surface area contributed by atoms with E-state index in [0.717, 1.165) is 22.3 Å². The summed E-state index contributed by atoms with van der Waals surface area (Å²) in [7, 11) is 3.37. The highest BCUT2D eigenvalue weighted by Crippen LogP contribution is 2.37. The van der Waals surface area contributed by atoms with E-state index in [1.165, 1.54) is 0 Å². The molecule has 0 spiro atoms. The molecule has 7 nitrogen and oxygen atoms in total. The largest absolute Gasteiger partial charge is 0.496 e. The van der Waals surface area contributed by atoms with Crippen molar-refractivity contribution in [2.24, 2.45) is 7.05 Å². The maximum atomic E-state index is 12.8. The normalized spacial score (nSPS) is 15.7. The summed E-state index contributed by atoms with van der Waals surface area (Å²) in [4.78, 5) is 23.7. The number of nitrogens with zero attached hydrogens (tertiary/aromatic N) is 4. The highest BCUT2D eigenvalue weighted by molar-refractivity contribution is 6.36. The first-order valence-electron chi connectivity index (χ1n) is 11.4. The van der Waals surface area contributed by atoms with Crippen molar-refractivity contribution in [1.82, 2.24) is 14.5 Å². The molecule has 1 fully saturated rings. The predicted molar refractivity (Wildman–Crippen MR) is 142 cm³/mol. The second-order valence-corrected chi connectivity index (χ2v) is 9.30. The average molecular weight is 523 g/mol. The van der Waals surface area contributed by atoms with Crippen LogP contribution in [0.4, 0.5) is 5.95 Å². The fourth-order valence-electron chi connectivity index (χ4n) is 4.38. The highest BCUT2D eigenvalue weighted by atomic mass is 35.5. The van der Waals surface area contributed by atoms with Crippen LogP contribution in [-0.4, -0.2) is 41.3 Å². The second-order valence-electron chi connectivity index (χ2n) is 8.46. The molecule has 0 radical (unpaired) electrons. The van der Waals surface area contributed by atoms with Crippen LogP contribution >= 0.6 is 23.2 Å². The molecule has 4 aromatic rings. The smallest absolute Gasteiger partial charge is 0.255 e. The van der Waals surface area contributed by atoms with E-state index >= 15 is 0 Å². The summed E-state index contributed by atoms with van der Waals surface area (Å²) in [6.45, 7) is 1.56. The number of halogens is 2. The second kappa shape index (κ2) is 10.3. The van der Waals surface area contributed by atoms with Crippen LogP contribution in [0.15, 0.2) is 71.8 Å². The summed E-state index contributed by atoms with van der Waals surface area (Å²) in [6, 6.07) is 16.6. The lowest BCUT2D eigenvalue weighted by Gasteiger charge is -2.35. The van der Waals surface area contributed by atoms with Crippen molar-refractivity contribution in [2.75, 3.05) is 31.7 Å². The first kappa shape index (κ1) is 24.3. The molecule has 36 heavy (non-hydrogen) atoms. The van der Waals surface area contributed by atoms with E-state index in [1.54, 1.807) is 43.3 Å². The van der Waals surface area contributed by atoms with Gasteiger partial charge in [-0.3, -0.25) is 14.3 Å². The molecule has 0 amide bonds. The van der Waals surface area contributed by atoms with Crippen LogP contribution in [0.1, 0.15) is 11.7 Å². The summed E-state index contributed by atoms with van der Waals surface area (Å²) >= 11 is 12.6. The van der Waals surface area contributed by atoms with Gasteiger partial charge in [0.25, 0.3) is 5.56 Å². The zero-order valence-corrected chi connectivity index (χ0v) is 21.3. The third-order valence-corrected chi connectivity index (χ3v) is 6.80. The van der Waals surface area contributed by atoms with Gasteiger partial charge in [0.1, 0.15) is 11.9 Å². The van der Waals surface area contributed by atoms with Crippen LogP contribution in [0, 0.1) is 0 Å². The summed E-state index contributed by atoms with van der Waals surface area (Å²) < 4.78 is 13.4. The quantitative estimate of drug-likeness (QED) is 0.349.